The molecule has 0 spiro atoms. The lowest BCUT2D eigenvalue weighted by Crippen LogP contribution is -2.47. The van der Waals surface area contributed by atoms with Crippen LogP contribution in [0.5, 0.6) is 0 Å². The van der Waals surface area contributed by atoms with E-state index in [2.05, 4.69) is 21.2 Å². The second kappa shape index (κ2) is 11.9. The van der Waals surface area contributed by atoms with E-state index >= 15 is 0 Å². The molecule has 0 fully saturated rings. The number of nitrogens with one attached hydrogen (secondary N) is 1. The quantitative estimate of drug-likeness (QED) is 0.512. The second-order valence-corrected chi connectivity index (χ2v) is 8.61. The van der Waals surface area contributed by atoms with Gasteiger partial charge >= 0.3 is 0 Å². The van der Waals surface area contributed by atoms with Gasteiger partial charge in [0.2, 0.25) is 11.8 Å². The molecule has 2 aromatic rings. The zero-order valence-corrected chi connectivity index (χ0v) is 18.8. The Kier molecular flexibility index (Phi) is 9.58. The van der Waals surface area contributed by atoms with Crippen LogP contribution in [0.4, 0.5) is 0 Å². The Morgan fingerprint density at radius 3 is 2.57 bits per heavy atom. The van der Waals surface area contributed by atoms with E-state index in [-0.39, 0.29) is 11.8 Å². The van der Waals surface area contributed by atoms with Crippen molar-refractivity contribution in [3.05, 3.63) is 64.6 Å². The molecule has 0 saturated carbocycles. The number of halogens is 1. The van der Waals surface area contributed by atoms with E-state index < -0.39 is 6.04 Å². The summed E-state index contributed by atoms with van der Waals surface area (Å²) in [7, 11) is 0. The molecule has 0 radical (unpaired) electrons. The van der Waals surface area contributed by atoms with Crippen LogP contribution in [-0.4, -0.2) is 35.1 Å². The summed E-state index contributed by atoms with van der Waals surface area (Å²) in [4.78, 5) is 28.3. The van der Waals surface area contributed by atoms with E-state index in [0.717, 1.165) is 21.4 Å². The molecular formula is C22H27BrN2O2S. The average molecular weight is 463 g/mol. The van der Waals surface area contributed by atoms with Crippen molar-refractivity contribution in [3.8, 4) is 0 Å². The predicted octanol–water partition coefficient (Wildman–Crippen LogP) is 4.87. The van der Waals surface area contributed by atoms with Crippen molar-refractivity contribution in [2.75, 3.05) is 12.3 Å². The average Bonchev–Trinajstić information content (AvgIpc) is 2.70. The van der Waals surface area contributed by atoms with Gasteiger partial charge in [-0.25, -0.2) is 0 Å². The number of amides is 2. The summed E-state index contributed by atoms with van der Waals surface area (Å²) in [5, 5.41) is 2.90. The van der Waals surface area contributed by atoms with E-state index in [1.54, 1.807) is 23.6 Å². The van der Waals surface area contributed by atoms with E-state index in [0.29, 0.717) is 25.3 Å². The number of hydrogen-bond donors (Lipinski definition) is 1. The first-order chi connectivity index (χ1) is 13.5. The zero-order chi connectivity index (χ0) is 20.4. The molecule has 0 aromatic heterocycles. The molecule has 4 nitrogen and oxygen atoms in total. The van der Waals surface area contributed by atoms with Crippen molar-refractivity contribution in [1.82, 2.24) is 10.2 Å². The Bertz CT molecular complexity index is 770. The van der Waals surface area contributed by atoms with Crippen molar-refractivity contribution >= 4 is 39.5 Å². The van der Waals surface area contributed by atoms with E-state index in [1.807, 2.05) is 61.5 Å². The Labute approximate surface area is 180 Å². The van der Waals surface area contributed by atoms with Crippen LogP contribution in [-0.2, 0) is 16.1 Å². The highest BCUT2D eigenvalue weighted by Gasteiger charge is 2.25. The number of hydrogen-bond acceptors (Lipinski definition) is 3. The van der Waals surface area contributed by atoms with Gasteiger partial charge in [0.05, 0.1) is 0 Å². The molecule has 2 rings (SSSR count). The maximum Gasteiger partial charge on any atom is 0.242 e. The predicted molar refractivity (Wildman–Crippen MR) is 119 cm³/mol. The van der Waals surface area contributed by atoms with Gasteiger partial charge in [0, 0.05) is 34.6 Å². The van der Waals surface area contributed by atoms with E-state index in [1.165, 1.54) is 0 Å². The van der Waals surface area contributed by atoms with Crippen molar-refractivity contribution in [2.24, 2.45) is 0 Å². The van der Waals surface area contributed by atoms with Crippen LogP contribution in [0.3, 0.4) is 0 Å². The second-order valence-electron chi connectivity index (χ2n) is 6.53. The minimum Gasteiger partial charge on any atom is -0.354 e. The first kappa shape index (κ1) is 22.5. The first-order valence-electron chi connectivity index (χ1n) is 9.50. The highest BCUT2D eigenvalue weighted by molar-refractivity contribution is 9.10. The molecule has 0 aliphatic heterocycles. The van der Waals surface area contributed by atoms with Gasteiger partial charge < -0.3 is 10.2 Å². The number of carbonyl (C=O) groups is 2. The Morgan fingerprint density at radius 1 is 1.14 bits per heavy atom. The standard InChI is InChI=1S/C22H27BrN2O2S/c1-3-13-24-22(27)17(2)25(16-18-8-7-9-19(23)15-18)21(26)12-14-28-20-10-5-4-6-11-20/h4-11,15,17H,3,12-14,16H2,1-2H3,(H,24,27). The van der Waals surface area contributed by atoms with Gasteiger partial charge in [-0.05, 0) is 43.2 Å². The Morgan fingerprint density at radius 2 is 1.89 bits per heavy atom. The van der Waals surface area contributed by atoms with Crippen LogP contribution >= 0.6 is 27.7 Å². The summed E-state index contributed by atoms with van der Waals surface area (Å²) < 4.78 is 0.958. The summed E-state index contributed by atoms with van der Waals surface area (Å²) in [6, 6.07) is 17.4. The molecule has 1 unspecified atom stereocenters. The SMILES string of the molecule is CCCNC(=O)C(C)N(Cc1cccc(Br)c1)C(=O)CCSc1ccccc1. The van der Waals surface area contributed by atoms with Crippen molar-refractivity contribution in [3.63, 3.8) is 0 Å². The number of rotatable bonds is 10. The minimum atomic E-state index is -0.514. The molecule has 1 N–H and O–H groups in total. The van der Waals surface area contributed by atoms with Crippen LogP contribution in [0.15, 0.2) is 64.0 Å². The summed E-state index contributed by atoms with van der Waals surface area (Å²) >= 11 is 5.12. The lowest BCUT2D eigenvalue weighted by Gasteiger charge is -2.29. The van der Waals surface area contributed by atoms with Crippen LogP contribution < -0.4 is 5.32 Å². The number of carbonyl (C=O) groups excluding carboxylic acids is 2. The molecule has 6 heteroatoms. The van der Waals surface area contributed by atoms with Crippen molar-refractivity contribution in [1.29, 1.82) is 0 Å². The highest BCUT2D eigenvalue weighted by atomic mass is 79.9. The number of benzene rings is 2. The molecule has 1 atom stereocenters. The van der Waals surface area contributed by atoms with Crippen molar-refractivity contribution in [2.45, 2.75) is 44.2 Å². The largest absolute Gasteiger partial charge is 0.354 e. The van der Waals surface area contributed by atoms with Crippen LogP contribution in [0.2, 0.25) is 0 Å². The fourth-order valence-electron chi connectivity index (χ4n) is 2.73. The van der Waals surface area contributed by atoms with Crippen LogP contribution in [0.25, 0.3) is 0 Å². The number of nitrogens with zero attached hydrogens (tertiary/aromatic N) is 1. The molecule has 2 aromatic carbocycles. The normalized spacial score (nSPS) is 11.7. The Balaban J connectivity index is 2.04. The highest BCUT2D eigenvalue weighted by Crippen LogP contribution is 2.20. The van der Waals surface area contributed by atoms with Crippen LogP contribution in [0.1, 0.15) is 32.3 Å². The molecule has 0 aliphatic carbocycles. The molecule has 150 valence electrons. The van der Waals surface area contributed by atoms with Gasteiger partial charge in [0.1, 0.15) is 6.04 Å². The molecule has 0 bridgehead atoms. The molecule has 2 amide bonds. The van der Waals surface area contributed by atoms with Gasteiger partial charge in [-0.3, -0.25) is 9.59 Å². The fraction of sp³-hybridized carbons (Fsp3) is 0.364. The summed E-state index contributed by atoms with van der Waals surface area (Å²) in [6.45, 7) is 4.84. The third-order valence-corrected chi connectivity index (χ3v) is 5.79. The molecule has 0 heterocycles. The zero-order valence-electron chi connectivity index (χ0n) is 16.4. The summed E-state index contributed by atoms with van der Waals surface area (Å²) in [5.41, 5.74) is 0.994. The van der Waals surface area contributed by atoms with E-state index in [4.69, 9.17) is 0 Å². The Hall–Kier alpha value is -1.79. The monoisotopic (exact) mass is 462 g/mol. The smallest absolute Gasteiger partial charge is 0.242 e. The molecule has 0 aliphatic rings. The van der Waals surface area contributed by atoms with Gasteiger partial charge in [0.25, 0.3) is 0 Å². The van der Waals surface area contributed by atoms with Gasteiger partial charge in [-0.15, -0.1) is 11.8 Å². The van der Waals surface area contributed by atoms with Crippen molar-refractivity contribution < 1.29 is 9.59 Å². The van der Waals surface area contributed by atoms with E-state index in [9.17, 15) is 9.59 Å². The van der Waals surface area contributed by atoms with Gasteiger partial charge in [-0.1, -0.05) is 53.2 Å². The lowest BCUT2D eigenvalue weighted by atomic mass is 10.1. The minimum absolute atomic E-state index is 0.0115. The topological polar surface area (TPSA) is 49.4 Å². The molecule has 0 saturated heterocycles. The van der Waals surface area contributed by atoms with Crippen LogP contribution in [0, 0.1) is 0 Å². The maximum atomic E-state index is 13.0. The summed E-state index contributed by atoms with van der Waals surface area (Å²) in [6.07, 6.45) is 1.25. The van der Waals surface area contributed by atoms with Gasteiger partial charge in [-0.2, -0.15) is 0 Å². The van der Waals surface area contributed by atoms with Gasteiger partial charge in [0.15, 0.2) is 0 Å². The molecule has 28 heavy (non-hydrogen) atoms. The fourth-order valence-corrected chi connectivity index (χ4v) is 4.04. The first-order valence-corrected chi connectivity index (χ1v) is 11.3. The third kappa shape index (κ3) is 7.32. The summed E-state index contributed by atoms with van der Waals surface area (Å²) in [5.74, 6) is 0.560. The lowest BCUT2D eigenvalue weighted by molar-refractivity contribution is -0.140. The third-order valence-electron chi connectivity index (χ3n) is 4.29. The number of thioether (sulfide) groups is 1. The molecular weight excluding hydrogens is 436 g/mol. The maximum absolute atomic E-state index is 13.0.